The van der Waals surface area contributed by atoms with E-state index < -0.39 is 0 Å². The zero-order valence-electron chi connectivity index (χ0n) is 15.3. The van der Waals surface area contributed by atoms with Crippen molar-refractivity contribution >= 4 is 15.9 Å². The lowest BCUT2D eigenvalue weighted by Crippen LogP contribution is -2.16. The van der Waals surface area contributed by atoms with Crippen molar-refractivity contribution < 1.29 is 5.11 Å². The monoisotopic (exact) mass is 377 g/mol. The second-order valence-electron chi connectivity index (χ2n) is 7.15. The fourth-order valence-electron chi connectivity index (χ4n) is 2.76. The van der Waals surface area contributed by atoms with E-state index in [9.17, 15) is 5.11 Å². The van der Waals surface area contributed by atoms with Crippen molar-refractivity contribution in [1.82, 2.24) is 4.90 Å². The maximum absolute atomic E-state index is 9.18. The molecular formula is C19H40BrNO. The summed E-state index contributed by atoms with van der Waals surface area (Å²) < 4.78 is 0. The Morgan fingerprint density at radius 1 is 0.727 bits per heavy atom. The van der Waals surface area contributed by atoms with Crippen molar-refractivity contribution in [2.75, 3.05) is 20.6 Å². The molecule has 0 fully saturated rings. The number of alkyl halides is 1. The summed E-state index contributed by atoms with van der Waals surface area (Å²) in [5.41, 5.74) is 0. The molecular weight excluding hydrogens is 338 g/mol. The first kappa shape index (κ1) is 22.4. The Hall–Kier alpha value is 0.400. The molecule has 3 heteroatoms. The van der Waals surface area contributed by atoms with Crippen LogP contribution in [0.5, 0.6) is 0 Å². The number of rotatable bonds is 16. The molecule has 0 aliphatic heterocycles. The lowest BCUT2D eigenvalue weighted by atomic mass is 10.0. The van der Waals surface area contributed by atoms with E-state index in [-0.39, 0.29) is 6.10 Å². The van der Waals surface area contributed by atoms with Gasteiger partial charge < -0.3 is 10.0 Å². The molecule has 1 N–H and O–H groups in total. The SMILES string of the molecule is CC(O)CCCCCCCCCCCCC(Br)CCN(C)C. The van der Waals surface area contributed by atoms with Gasteiger partial charge in [-0.2, -0.15) is 0 Å². The lowest BCUT2D eigenvalue weighted by molar-refractivity contribution is 0.180. The van der Waals surface area contributed by atoms with Crippen molar-refractivity contribution in [3.63, 3.8) is 0 Å². The highest BCUT2D eigenvalue weighted by atomic mass is 79.9. The van der Waals surface area contributed by atoms with E-state index in [0.717, 1.165) is 6.42 Å². The summed E-state index contributed by atoms with van der Waals surface area (Å²) in [4.78, 5) is 2.97. The smallest absolute Gasteiger partial charge is 0.0512 e. The van der Waals surface area contributed by atoms with Crippen LogP contribution < -0.4 is 0 Å². The van der Waals surface area contributed by atoms with Gasteiger partial charge in [0.2, 0.25) is 0 Å². The molecule has 0 saturated heterocycles. The van der Waals surface area contributed by atoms with E-state index in [0.29, 0.717) is 4.83 Å². The highest BCUT2D eigenvalue weighted by Crippen LogP contribution is 2.17. The molecule has 22 heavy (non-hydrogen) atoms. The van der Waals surface area contributed by atoms with Crippen LogP contribution in [0, 0.1) is 0 Å². The van der Waals surface area contributed by atoms with Crippen LogP contribution in [0.4, 0.5) is 0 Å². The molecule has 0 rings (SSSR count). The first-order valence-electron chi connectivity index (χ1n) is 9.49. The van der Waals surface area contributed by atoms with Crippen molar-refractivity contribution in [2.24, 2.45) is 0 Å². The fraction of sp³-hybridized carbons (Fsp3) is 1.00. The van der Waals surface area contributed by atoms with Gasteiger partial charge in [-0.3, -0.25) is 0 Å². The summed E-state index contributed by atoms with van der Waals surface area (Å²) >= 11 is 3.80. The minimum absolute atomic E-state index is 0.109. The van der Waals surface area contributed by atoms with Gasteiger partial charge in [0.15, 0.2) is 0 Å². The Kier molecular flexibility index (Phi) is 16.6. The van der Waals surface area contributed by atoms with Crippen LogP contribution in [0.25, 0.3) is 0 Å². The number of nitrogens with zero attached hydrogens (tertiary/aromatic N) is 1. The molecule has 0 radical (unpaired) electrons. The third-order valence-electron chi connectivity index (χ3n) is 4.28. The summed E-state index contributed by atoms with van der Waals surface area (Å²) in [6.45, 7) is 3.08. The molecule has 0 spiro atoms. The van der Waals surface area contributed by atoms with Gasteiger partial charge in [0.25, 0.3) is 0 Å². The summed E-state index contributed by atoms with van der Waals surface area (Å²) in [6, 6.07) is 0. The van der Waals surface area contributed by atoms with Gasteiger partial charge >= 0.3 is 0 Å². The van der Waals surface area contributed by atoms with Gasteiger partial charge in [-0.15, -0.1) is 0 Å². The number of unbranched alkanes of at least 4 members (excludes halogenated alkanes) is 9. The third-order valence-corrected chi connectivity index (χ3v) is 5.19. The second kappa shape index (κ2) is 16.3. The van der Waals surface area contributed by atoms with Gasteiger partial charge in [-0.1, -0.05) is 80.1 Å². The van der Waals surface area contributed by atoms with Crippen molar-refractivity contribution in [3.8, 4) is 0 Å². The highest BCUT2D eigenvalue weighted by molar-refractivity contribution is 9.09. The van der Waals surface area contributed by atoms with E-state index >= 15 is 0 Å². The van der Waals surface area contributed by atoms with E-state index in [1.807, 2.05) is 6.92 Å². The van der Waals surface area contributed by atoms with Crippen LogP contribution in [0.2, 0.25) is 0 Å². The third kappa shape index (κ3) is 18.4. The van der Waals surface area contributed by atoms with Gasteiger partial charge in [0.1, 0.15) is 0 Å². The van der Waals surface area contributed by atoms with Crippen LogP contribution >= 0.6 is 15.9 Å². The molecule has 2 unspecified atom stereocenters. The zero-order chi connectivity index (χ0) is 16.6. The Morgan fingerprint density at radius 3 is 1.55 bits per heavy atom. The van der Waals surface area contributed by atoms with E-state index in [4.69, 9.17) is 0 Å². The Labute approximate surface area is 148 Å². The molecule has 0 aromatic rings. The molecule has 0 heterocycles. The van der Waals surface area contributed by atoms with Crippen molar-refractivity contribution in [2.45, 2.75) is 101 Å². The summed E-state index contributed by atoms with van der Waals surface area (Å²) in [5.74, 6) is 0. The number of hydrogen-bond donors (Lipinski definition) is 1. The predicted octanol–water partition coefficient (Wildman–Crippen LogP) is 5.76. The number of aliphatic hydroxyl groups is 1. The topological polar surface area (TPSA) is 23.5 Å². The zero-order valence-corrected chi connectivity index (χ0v) is 16.9. The molecule has 0 aromatic heterocycles. The highest BCUT2D eigenvalue weighted by Gasteiger charge is 2.04. The largest absolute Gasteiger partial charge is 0.393 e. The molecule has 2 nitrogen and oxygen atoms in total. The van der Waals surface area contributed by atoms with Crippen LogP contribution in [0.15, 0.2) is 0 Å². The van der Waals surface area contributed by atoms with Gasteiger partial charge in [-0.25, -0.2) is 0 Å². The predicted molar refractivity (Wildman–Crippen MR) is 103 cm³/mol. The Balaban J connectivity index is 3.11. The van der Waals surface area contributed by atoms with E-state index in [2.05, 4.69) is 34.9 Å². The summed E-state index contributed by atoms with van der Waals surface area (Å²) in [5, 5.41) is 9.18. The Bertz CT molecular complexity index is 221. The second-order valence-corrected chi connectivity index (χ2v) is 8.45. The summed E-state index contributed by atoms with van der Waals surface area (Å²) in [7, 11) is 4.29. The maximum atomic E-state index is 9.18. The Morgan fingerprint density at radius 2 is 1.14 bits per heavy atom. The molecule has 134 valence electrons. The molecule has 0 aromatic carbocycles. The van der Waals surface area contributed by atoms with E-state index in [1.165, 1.54) is 83.6 Å². The average molecular weight is 378 g/mol. The minimum atomic E-state index is -0.109. The normalized spacial score (nSPS) is 14.5. The molecule has 0 saturated carbocycles. The van der Waals surface area contributed by atoms with Crippen LogP contribution in [-0.4, -0.2) is 41.6 Å². The van der Waals surface area contributed by atoms with Gasteiger partial charge in [-0.05, 0) is 46.8 Å². The molecule has 0 amide bonds. The van der Waals surface area contributed by atoms with Crippen molar-refractivity contribution in [1.29, 1.82) is 0 Å². The van der Waals surface area contributed by atoms with Gasteiger partial charge in [0, 0.05) is 4.83 Å². The minimum Gasteiger partial charge on any atom is -0.393 e. The molecule has 0 aliphatic carbocycles. The number of hydrogen-bond acceptors (Lipinski definition) is 2. The molecule has 0 bridgehead atoms. The average Bonchev–Trinajstić information content (AvgIpc) is 2.45. The van der Waals surface area contributed by atoms with Crippen LogP contribution in [-0.2, 0) is 0 Å². The maximum Gasteiger partial charge on any atom is 0.0512 e. The van der Waals surface area contributed by atoms with Crippen LogP contribution in [0.1, 0.15) is 90.4 Å². The first-order chi connectivity index (χ1) is 10.5. The quantitative estimate of drug-likeness (QED) is 0.272. The lowest BCUT2D eigenvalue weighted by Gasteiger charge is -2.13. The molecule has 2 atom stereocenters. The van der Waals surface area contributed by atoms with Crippen molar-refractivity contribution in [3.05, 3.63) is 0 Å². The standard InChI is InChI=1S/C19H40BrNO/c1-18(22)14-12-10-8-6-4-5-7-9-11-13-15-19(20)16-17-21(2)3/h18-19,22H,4-17H2,1-3H3. The number of aliphatic hydroxyl groups excluding tert-OH is 1. The van der Waals surface area contributed by atoms with Crippen LogP contribution in [0.3, 0.4) is 0 Å². The number of halogens is 1. The first-order valence-corrected chi connectivity index (χ1v) is 10.4. The summed E-state index contributed by atoms with van der Waals surface area (Å²) in [6.07, 6.45) is 17.1. The molecule has 0 aliphatic rings. The van der Waals surface area contributed by atoms with Gasteiger partial charge in [0.05, 0.1) is 6.10 Å². The fourth-order valence-corrected chi connectivity index (χ4v) is 3.29. The van der Waals surface area contributed by atoms with E-state index in [1.54, 1.807) is 0 Å².